The highest BCUT2D eigenvalue weighted by Gasteiger charge is 2.12. The lowest BCUT2D eigenvalue weighted by Gasteiger charge is -2.09. The van der Waals surface area contributed by atoms with Crippen LogP contribution < -0.4 is 9.47 Å². The molecule has 1 rings (SSSR count). The summed E-state index contributed by atoms with van der Waals surface area (Å²) < 4.78 is 15.7. The normalized spacial score (nSPS) is 9.94. The molecular weight excluding hydrogens is 234 g/mol. The molecule has 5 heteroatoms. The van der Waals surface area contributed by atoms with Crippen molar-refractivity contribution in [2.24, 2.45) is 0 Å². The molecule has 0 saturated heterocycles. The number of hydrogen-bond donors (Lipinski definition) is 0. The third-order valence-electron chi connectivity index (χ3n) is 2.04. The molecule has 100 valence electrons. The van der Waals surface area contributed by atoms with Crippen LogP contribution in [0.15, 0.2) is 12.1 Å². The summed E-state index contributed by atoms with van der Waals surface area (Å²) in [5.74, 6) is 0.349. The Morgan fingerprint density at radius 1 is 1.11 bits per heavy atom. The summed E-state index contributed by atoms with van der Waals surface area (Å²) >= 11 is 0. The number of hydrogen-bond acceptors (Lipinski definition) is 5. The Morgan fingerprint density at radius 3 is 2.33 bits per heavy atom. The number of pyridine rings is 1. The predicted molar refractivity (Wildman–Crippen MR) is 67.1 cm³/mol. The van der Waals surface area contributed by atoms with Crippen LogP contribution in [0.2, 0.25) is 0 Å². The number of aromatic nitrogens is 1. The monoisotopic (exact) mass is 253 g/mol. The summed E-state index contributed by atoms with van der Waals surface area (Å²) in [4.78, 5) is 15.8. The lowest BCUT2D eigenvalue weighted by Crippen LogP contribution is -2.08. The molecule has 0 aliphatic carbocycles. The van der Waals surface area contributed by atoms with Crippen molar-refractivity contribution in [2.45, 2.75) is 27.2 Å². The summed E-state index contributed by atoms with van der Waals surface area (Å²) in [6, 6.07) is 3.12. The molecule has 0 saturated carbocycles. The maximum absolute atomic E-state index is 11.7. The van der Waals surface area contributed by atoms with E-state index in [4.69, 9.17) is 14.2 Å². The molecule has 0 aliphatic rings. The van der Waals surface area contributed by atoms with Crippen molar-refractivity contribution in [1.29, 1.82) is 0 Å². The Kier molecular flexibility index (Phi) is 5.97. The molecule has 0 unspecified atom stereocenters. The first-order valence-corrected chi connectivity index (χ1v) is 6.16. The summed E-state index contributed by atoms with van der Waals surface area (Å²) in [7, 11) is 0. The third-order valence-corrected chi connectivity index (χ3v) is 2.04. The zero-order valence-corrected chi connectivity index (χ0v) is 11.1. The van der Waals surface area contributed by atoms with Crippen LogP contribution in [0.5, 0.6) is 11.8 Å². The van der Waals surface area contributed by atoms with Crippen molar-refractivity contribution in [3.8, 4) is 11.8 Å². The van der Waals surface area contributed by atoms with Crippen LogP contribution in [-0.2, 0) is 4.74 Å². The predicted octanol–water partition coefficient (Wildman–Crippen LogP) is 2.45. The van der Waals surface area contributed by atoms with E-state index in [1.54, 1.807) is 19.1 Å². The van der Waals surface area contributed by atoms with Gasteiger partial charge in [-0.3, -0.25) is 0 Å². The fourth-order valence-corrected chi connectivity index (χ4v) is 1.32. The number of esters is 1. The fourth-order valence-electron chi connectivity index (χ4n) is 1.32. The van der Waals surface area contributed by atoms with Gasteiger partial charge in [-0.1, -0.05) is 6.92 Å². The van der Waals surface area contributed by atoms with Gasteiger partial charge < -0.3 is 14.2 Å². The molecule has 0 aliphatic heterocycles. The molecular formula is C13H19NO4. The SMILES string of the molecule is CCCOc1cc(C(=O)OCC)cc(OCC)n1. The van der Waals surface area contributed by atoms with E-state index >= 15 is 0 Å². The molecule has 0 aromatic carbocycles. The molecule has 0 amide bonds. The van der Waals surface area contributed by atoms with Gasteiger partial charge in [-0.15, -0.1) is 0 Å². The minimum Gasteiger partial charge on any atom is -0.478 e. The molecule has 5 nitrogen and oxygen atoms in total. The standard InChI is InChI=1S/C13H19NO4/c1-4-7-18-12-9-10(13(15)17-6-3)8-11(14-12)16-5-2/h8-9H,4-7H2,1-3H3. The molecule has 0 atom stereocenters. The molecule has 1 aromatic heterocycles. The van der Waals surface area contributed by atoms with E-state index < -0.39 is 5.97 Å². The summed E-state index contributed by atoms with van der Waals surface area (Å²) in [6.07, 6.45) is 0.870. The average Bonchev–Trinajstić information content (AvgIpc) is 2.37. The first-order chi connectivity index (χ1) is 8.71. The second-order valence-corrected chi connectivity index (χ2v) is 3.53. The van der Waals surface area contributed by atoms with Crippen LogP contribution in [0.3, 0.4) is 0 Å². The molecule has 0 fully saturated rings. The Bertz CT molecular complexity index is 393. The average molecular weight is 253 g/mol. The number of ether oxygens (including phenoxy) is 3. The minimum absolute atomic E-state index is 0.330. The lowest BCUT2D eigenvalue weighted by atomic mass is 10.2. The van der Waals surface area contributed by atoms with Gasteiger partial charge in [0.15, 0.2) is 0 Å². The van der Waals surface area contributed by atoms with Crippen LogP contribution in [-0.4, -0.2) is 30.8 Å². The van der Waals surface area contributed by atoms with E-state index in [2.05, 4.69) is 4.98 Å². The van der Waals surface area contributed by atoms with E-state index in [-0.39, 0.29) is 0 Å². The highest BCUT2D eigenvalue weighted by Crippen LogP contribution is 2.19. The van der Waals surface area contributed by atoms with Crippen molar-refractivity contribution < 1.29 is 19.0 Å². The number of rotatable bonds is 7. The molecule has 1 heterocycles. The van der Waals surface area contributed by atoms with Crippen LogP contribution in [0, 0.1) is 0 Å². The van der Waals surface area contributed by atoms with Crippen LogP contribution >= 0.6 is 0 Å². The Morgan fingerprint density at radius 2 is 1.78 bits per heavy atom. The summed E-state index contributed by atoms with van der Waals surface area (Å²) in [6.45, 7) is 6.97. The molecule has 0 bridgehead atoms. The van der Waals surface area contributed by atoms with E-state index in [0.717, 1.165) is 6.42 Å². The topological polar surface area (TPSA) is 57.7 Å². The number of carbonyl (C=O) groups excluding carboxylic acids is 1. The van der Waals surface area contributed by atoms with Crippen LogP contribution in [0.1, 0.15) is 37.6 Å². The highest BCUT2D eigenvalue weighted by atomic mass is 16.5. The number of carbonyl (C=O) groups is 1. The molecule has 0 N–H and O–H groups in total. The largest absolute Gasteiger partial charge is 0.478 e. The van der Waals surface area contributed by atoms with Crippen molar-refractivity contribution in [3.63, 3.8) is 0 Å². The van der Waals surface area contributed by atoms with Gasteiger partial charge in [-0.2, -0.15) is 4.98 Å². The first kappa shape index (κ1) is 14.3. The van der Waals surface area contributed by atoms with E-state index in [0.29, 0.717) is 37.1 Å². The zero-order valence-electron chi connectivity index (χ0n) is 11.1. The minimum atomic E-state index is -0.401. The Balaban J connectivity index is 2.93. The molecule has 0 spiro atoms. The van der Waals surface area contributed by atoms with Crippen molar-refractivity contribution in [1.82, 2.24) is 4.98 Å². The molecule has 0 radical (unpaired) electrons. The smallest absolute Gasteiger partial charge is 0.338 e. The van der Waals surface area contributed by atoms with Gasteiger partial charge in [0.25, 0.3) is 0 Å². The van der Waals surface area contributed by atoms with Gasteiger partial charge >= 0.3 is 5.97 Å². The van der Waals surface area contributed by atoms with Crippen LogP contribution in [0.25, 0.3) is 0 Å². The van der Waals surface area contributed by atoms with E-state index in [1.165, 1.54) is 0 Å². The molecule has 1 aromatic rings. The maximum atomic E-state index is 11.7. The zero-order chi connectivity index (χ0) is 13.4. The first-order valence-electron chi connectivity index (χ1n) is 6.16. The van der Waals surface area contributed by atoms with Gasteiger partial charge in [0.2, 0.25) is 11.8 Å². The van der Waals surface area contributed by atoms with Gasteiger partial charge in [0.1, 0.15) is 0 Å². The second kappa shape index (κ2) is 7.53. The van der Waals surface area contributed by atoms with Gasteiger partial charge in [-0.25, -0.2) is 4.79 Å². The Labute approximate surface area is 107 Å². The highest BCUT2D eigenvalue weighted by molar-refractivity contribution is 5.90. The summed E-state index contributed by atoms with van der Waals surface area (Å²) in [5.41, 5.74) is 0.390. The summed E-state index contributed by atoms with van der Waals surface area (Å²) in [5, 5.41) is 0. The van der Waals surface area contributed by atoms with Gasteiger partial charge in [0, 0.05) is 12.1 Å². The van der Waals surface area contributed by atoms with Crippen molar-refractivity contribution in [2.75, 3.05) is 19.8 Å². The van der Waals surface area contributed by atoms with Gasteiger partial charge in [0.05, 0.1) is 25.4 Å². The fraction of sp³-hybridized carbons (Fsp3) is 0.538. The van der Waals surface area contributed by atoms with Crippen molar-refractivity contribution >= 4 is 5.97 Å². The second-order valence-electron chi connectivity index (χ2n) is 3.53. The number of nitrogens with zero attached hydrogens (tertiary/aromatic N) is 1. The third kappa shape index (κ3) is 4.24. The van der Waals surface area contributed by atoms with E-state index in [1.807, 2.05) is 13.8 Å². The maximum Gasteiger partial charge on any atom is 0.338 e. The van der Waals surface area contributed by atoms with Crippen molar-refractivity contribution in [3.05, 3.63) is 17.7 Å². The lowest BCUT2D eigenvalue weighted by molar-refractivity contribution is 0.0525. The van der Waals surface area contributed by atoms with Crippen LogP contribution in [0.4, 0.5) is 0 Å². The quantitative estimate of drug-likeness (QED) is 0.698. The Hall–Kier alpha value is -1.78. The van der Waals surface area contributed by atoms with E-state index in [9.17, 15) is 4.79 Å². The molecule has 18 heavy (non-hydrogen) atoms. The van der Waals surface area contributed by atoms with Gasteiger partial charge in [-0.05, 0) is 20.3 Å².